The molecule has 1 fully saturated rings. The molecule has 1 aromatic carbocycles. The fourth-order valence-electron chi connectivity index (χ4n) is 1.99. The van der Waals surface area contributed by atoms with Gasteiger partial charge in [-0.1, -0.05) is 29.8 Å². The number of carbonyl (C=O) groups is 1. The first-order valence-corrected chi connectivity index (χ1v) is 7.53. The van der Waals surface area contributed by atoms with Crippen molar-refractivity contribution in [3.63, 3.8) is 0 Å². The van der Waals surface area contributed by atoms with E-state index in [0.717, 1.165) is 29.6 Å². The molecule has 0 bridgehead atoms. The van der Waals surface area contributed by atoms with Crippen LogP contribution in [-0.2, 0) is 4.79 Å². The van der Waals surface area contributed by atoms with Crippen LogP contribution < -0.4 is 4.74 Å². The van der Waals surface area contributed by atoms with E-state index in [1.807, 2.05) is 29.2 Å². The summed E-state index contributed by atoms with van der Waals surface area (Å²) in [4.78, 5) is 14.2. The lowest BCUT2D eigenvalue weighted by Gasteiger charge is -2.24. The molecule has 0 unspecified atom stereocenters. The van der Waals surface area contributed by atoms with Crippen molar-refractivity contribution in [3.05, 3.63) is 28.7 Å². The highest BCUT2D eigenvalue weighted by atomic mass is 79.9. The van der Waals surface area contributed by atoms with Gasteiger partial charge in [0.05, 0.1) is 0 Å². The summed E-state index contributed by atoms with van der Waals surface area (Å²) in [6.45, 7) is 5.23. The summed E-state index contributed by atoms with van der Waals surface area (Å²) in [5.74, 6) is 1.33. The average Bonchev–Trinajstić information content (AvgIpc) is 3.19. The van der Waals surface area contributed by atoms with Gasteiger partial charge in [0.25, 0.3) is 5.91 Å². The summed E-state index contributed by atoms with van der Waals surface area (Å²) < 4.78 is 6.56. The Labute approximate surface area is 123 Å². The van der Waals surface area contributed by atoms with Crippen molar-refractivity contribution >= 4 is 21.8 Å². The van der Waals surface area contributed by atoms with Crippen molar-refractivity contribution in [3.8, 4) is 5.75 Å². The van der Waals surface area contributed by atoms with Gasteiger partial charge in [-0.2, -0.15) is 0 Å². The fourth-order valence-corrected chi connectivity index (χ4v) is 2.26. The molecule has 1 aliphatic carbocycles. The first kappa shape index (κ1) is 14.4. The van der Waals surface area contributed by atoms with Crippen molar-refractivity contribution in [2.75, 3.05) is 13.2 Å². The third-order valence-electron chi connectivity index (χ3n) is 3.05. The van der Waals surface area contributed by atoms with Gasteiger partial charge in [-0.25, -0.2) is 0 Å². The Morgan fingerprint density at radius 3 is 2.53 bits per heavy atom. The predicted octanol–water partition coefficient (Wildman–Crippen LogP) is 3.47. The van der Waals surface area contributed by atoms with Gasteiger partial charge in [-0.3, -0.25) is 4.79 Å². The van der Waals surface area contributed by atoms with Crippen molar-refractivity contribution in [1.29, 1.82) is 0 Å². The van der Waals surface area contributed by atoms with E-state index in [2.05, 4.69) is 29.8 Å². The van der Waals surface area contributed by atoms with Crippen LogP contribution in [0.15, 0.2) is 28.7 Å². The lowest BCUT2D eigenvalue weighted by Crippen LogP contribution is -2.39. The maximum absolute atomic E-state index is 12.2. The molecule has 0 atom stereocenters. The quantitative estimate of drug-likeness (QED) is 0.801. The minimum Gasteiger partial charge on any atom is -0.484 e. The van der Waals surface area contributed by atoms with Crippen molar-refractivity contribution in [2.24, 2.45) is 5.92 Å². The van der Waals surface area contributed by atoms with Crippen LogP contribution >= 0.6 is 15.9 Å². The number of amides is 1. The molecular weight excluding hydrogens is 306 g/mol. The van der Waals surface area contributed by atoms with Gasteiger partial charge in [0.15, 0.2) is 6.61 Å². The molecule has 1 aliphatic rings. The molecule has 0 N–H and O–H groups in total. The molecule has 0 spiro atoms. The van der Waals surface area contributed by atoms with Gasteiger partial charge >= 0.3 is 0 Å². The second-order valence-corrected chi connectivity index (χ2v) is 6.33. The monoisotopic (exact) mass is 325 g/mol. The fraction of sp³-hybridized carbons (Fsp3) is 0.533. The van der Waals surface area contributed by atoms with Gasteiger partial charge < -0.3 is 9.64 Å². The number of hydrogen-bond acceptors (Lipinski definition) is 2. The molecule has 0 aliphatic heterocycles. The van der Waals surface area contributed by atoms with E-state index in [1.165, 1.54) is 0 Å². The summed E-state index contributed by atoms with van der Waals surface area (Å²) >= 11 is 3.37. The zero-order valence-corrected chi connectivity index (χ0v) is 13.0. The molecule has 0 heterocycles. The molecule has 4 heteroatoms. The Kier molecular flexibility index (Phi) is 4.86. The number of benzene rings is 1. The third-order valence-corrected chi connectivity index (χ3v) is 3.57. The van der Waals surface area contributed by atoms with E-state index in [1.54, 1.807) is 0 Å². The Morgan fingerprint density at radius 1 is 1.37 bits per heavy atom. The second-order valence-electron chi connectivity index (χ2n) is 5.41. The Bertz CT molecular complexity index is 426. The highest BCUT2D eigenvalue weighted by Crippen LogP contribution is 2.27. The lowest BCUT2D eigenvalue weighted by atomic mass is 10.2. The van der Waals surface area contributed by atoms with Crippen LogP contribution in [-0.4, -0.2) is 30.0 Å². The molecule has 19 heavy (non-hydrogen) atoms. The number of rotatable bonds is 6. The zero-order valence-electron chi connectivity index (χ0n) is 11.4. The van der Waals surface area contributed by atoms with Crippen LogP contribution in [0.2, 0.25) is 0 Å². The maximum atomic E-state index is 12.2. The van der Waals surface area contributed by atoms with E-state index in [4.69, 9.17) is 4.74 Å². The Balaban J connectivity index is 1.86. The Hall–Kier alpha value is -1.03. The van der Waals surface area contributed by atoms with E-state index >= 15 is 0 Å². The van der Waals surface area contributed by atoms with Gasteiger partial charge in [-0.05, 0) is 43.0 Å². The SMILES string of the molecule is CC(C)CN(C(=O)COc1ccc(Br)cc1)C1CC1. The van der Waals surface area contributed by atoms with Gasteiger partial charge in [-0.15, -0.1) is 0 Å². The largest absolute Gasteiger partial charge is 0.484 e. The number of hydrogen-bond donors (Lipinski definition) is 0. The summed E-state index contributed by atoms with van der Waals surface area (Å²) in [6, 6.07) is 7.99. The number of ether oxygens (including phenoxy) is 1. The van der Waals surface area contributed by atoms with Crippen LogP contribution in [0.1, 0.15) is 26.7 Å². The maximum Gasteiger partial charge on any atom is 0.260 e. The Morgan fingerprint density at radius 2 is 2.00 bits per heavy atom. The normalized spacial score (nSPS) is 14.5. The van der Waals surface area contributed by atoms with Crippen LogP contribution in [0.5, 0.6) is 5.75 Å². The zero-order chi connectivity index (χ0) is 13.8. The van der Waals surface area contributed by atoms with Crippen molar-refractivity contribution < 1.29 is 9.53 Å². The van der Waals surface area contributed by atoms with Crippen LogP contribution in [0.3, 0.4) is 0 Å². The topological polar surface area (TPSA) is 29.5 Å². The van der Waals surface area contributed by atoms with Crippen LogP contribution in [0.4, 0.5) is 0 Å². The molecule has 1 aromatic rings. The molecule has 0 aromatic heterocycles. The standard InChI is InChI=1S/C15H20BrNO2/c1-11(2)9-17(13-5-6-13)15(18)10-19-14-7-3-12(16)4-8-14/h3-4,7-8,11,13H,5-6,9-10H2,1-2H3. The second kappa shape index (κ2) is 6.42. The first-order chi connectivity index (χ1) is 9.06. The summed E-state index contributed by atoms with van der Waals surface area (Å²) in [5, 5.41) is 0. The van der Waals surface area contributed by atoms with Gasteiger partial charge in [0.2, 0.25) is 0 Å². The molecule has 1 saturated carbocycles. The minimum absolute atomic E-state index is 0.0964. The van der Waals surface area contributed by atoms with Crippen molar-refractivity contribution in [1.82, 2.24) is 4.90 Å². The van der Waals surface area contributed by atoms with Crippen molar-refractivity contribution in [2.45, 2.75) is 32.7 Å². The van der Waals surface area contributed by atoms with E-state index < -0.39 is 0 Å². The predicted molar refractivity (Wildman–Crippen MR) is 79.2 cm³/mol. The summed E-state index contributed by atoms with van der Waals surface area (Å²) in [7, 11) is 0. The van der Waals surface area contributed by atoms with Gasteiger partial charge in [0.1, 0.15) is 5.75 Å². The highest BCUT2D eigenvalue weighted by Gasteiger charge is 2.32. The molecule has 104 valence electrons. The lowest BCUT2D eigenvalue weighted by molar-refractivity contribution is -0.134. The first-order valence-electron chi connectivity index (χ1n) is 6.74. The average molecular weight is 326 g/mol. The molecule has 0 saturated heterocycles. The molecule has 3 nitrogen and oxygen atoms in total. The number of carbonyl (C=O) groups excluding carboxylic acids is 1. The summed E-state index contributed by atoms with van der Waals surface area (Å²) in [5.41, 5.74) is 0. The molecular formula is C15H20BrNO2. The smallest absolute Gasteiger partial charge is 0.260 e. The van der Waals surface area contributed by atoms with Crippen LogP contribution in [0, 0.1) is 5.92 Å². The van der Waals surface area contributed by atoms with Crippen LogP contribution in [0.25, 0.3) is 0 Å². The molecule has 2 rings (SSSR count). The molecule has 0 radical (unpaired) electrons. The summed E-state index contributed by atoms with van der Waals surface area (Å²) in [6.07, 6.45) is 2.27. The van der Waals surface area contributed by atoms with E-state index in [9.17, 15) is 4.79 Å². The number of nitrogens with zero attached hydrogens (tertiary/aromatic N) is 1. The van der Waals surface area contributed by atoms with E-state index in [0.29, 0.717) is 12.0 Å². The highest BCUT2D eigenvalue weighted by molar-refractivity contribution is 9.10. The van der Waals surface area contributed by atoms with E-state index in [-0.39, 0.29) is 12.5 Å². The third kappa shape index (κ3) is 4.53. The minimum atomic E-state index is 0.0964. The number of halogens is 1. The molecule has 1 amide bonds. The van der Waals surface area contributed by atoms with Gasteiger partial charge in [0, 0.05) is 17.1 Å².